The van der Waals surface area contributed by atoms with Gasteiger partial charge < -0.3 is 5.32 Å². The summed E-state index contributed by atoms with van der Waals surface area (Å²) in [5.74, 6) is -0.0812. The van der Waals surface area contributed by atoms with Crippen molar-refractivity contribution >= 4 is 5.91 Å². The highest BCUT2D eigenvalue weighted by molar-refractivity contribution is 5.78. The average Bonchev–Trinajstić information content (AvgIpc) is 2.36. The van der Waals surface area contributed by atoms with Crippen molar-refractivity contribution < 1.29 is 9.18 Å². The Morgan fingerprint density at radius 2 is 2.17 bits per heavy atom. The summed E-state index contributed by atoms with van der Waals surface area (Å²) in [7, 11) is 0. The molecule has 1 rings (SSSR count). The first-order valence-corrected chi connectivity index (χ1v) is 4.55. The molecule has 0 saturated heterocycles. The van der Waals surface area contributed by atoms with E-state index in [1.807, 2.05) is 13.8 Å². The van der Waals surface area contributed by atoms with Gasteiger partial charge in [-0.1, -0.05) is 13.8 Å². The van der Waals surface area contributed by atoms with Crippen LogP contribution in [0.4, 0.5) is 4.39 Å². The molecule has 0 heterocycles. The van der Waals surface area contributed by atoms with E-state index in [0.29, 0.717) is 6.42 Å². The van der Waals surface area contributed by atoms with Crippen molar-refractivity contribution in [2.75, 3.05) is 0 Å². The Kier molecular flexibility index (Phi) is 3.06. The van der Waals surface area contributed by atoms with Crippen LogP contribution in [-0.2, 0) is 4.79 Å². The van der Waals surface area contributed by atoms with Crippen LogP contribution in [0.15, 0.2) is 0 Å². The highest BCUT2D eigenvalue weighted by Gasteiger charge is 2.28. The van der Waals surface area contributed by atoms with Crippen molar-refractivity contribution in [2.45, 2.75) is 45.3 Å². The third-order valence-corrected chi connectivity index (χ3v) is 2.28. The van der Waals surface area contributed by atoms with Crippen molar-refractivity contribution in [1.29, 1.82) is 0 Å². The zero-order valence-electron chi connectivity index (χ0n) is 7.64. The number of amides is 1. The van der Waals surface area contributed by atoms with Gasteiger partial charge in [0.25, 0.3) is 0 Å². The topological polar surface area (TPSA) is 29.1 Å². The molecule has 0 aliphatic heterocycles. The van der Waals surface area contributed by atoms with Gasteiger partial charge in [-0.25, -0.2) is 4.39 Å². The molecule has 0 aromatic heterocycles. The predicted molar refractivity (Wildman–Crippen MR) is 45.5 cm³/mol. The minimum atomic E-state index is -0.826. The minimum absolute atomic E-state index is 0.0375. The van der Waals surface area contributed by atoms with Crippen LogP contribution in [-0.4, -0.2) is 18.1 Å². The van der Waals surface area contributed by atoms with Gasteiger partial charge in [-0.15, -0.1) is 0 Å². The lowest BCUT2D eigenvalue weighted by molar-refractivity contribution is -0.125. The van der Waals surface area contributed by atoms with E-state index in [-0.39, 0.29) is 17.9 Å². The molecule has 1 amide bonds. The third-order valence-electron chi connectivity index (χ3n) is 2.28. The summed E-state index contributed by atoms with van der Waals surface area (Å²) in [6, 6.07) is -0.222. The molecule has 12 heavy (non-hydrogen) atoms. The summed E-state index contributed by atoms with van der Waals surface area (Å²) in [6.07, 6.45) is 1.46. The Morgan fingerprint density at radius 3 is 2.58 bits per heavy atom. The molecule has 70 valence electrons. The molecule has 3 heteroatoms. The summed E-state index contributed by atoms with van der Waals surface area (Å²) in [4.78, 5) is 11.2. The normalized spacial score (nSPS) is 29.3. The molecule has 2 unspecified atom stereocenters. The second-order valence-electron chi connectivity index (χ2n) is 3.72. The van der Waals surface area contributed by atoms with E-state index in [9.17, 15) is 9.18 Å². The summed E-state index contributed by atoms with van der Waals surface area (Å²) < 4.78 is 13.0. The number of hydrogen-bond acceptors (Lipinski definition) is 1. The first-order valence-electron chi connectivity index (χ1n) is 4.55. The fraction of sp³-hybridized carbons (Fsp3) is 0.889. The zero-order chi connectivity index (χ0) is 9.14. The number of hydrogen-bond donors (Lipinski definition) is 1. The molecule has 1 N–H and O–H groups in total. The largest absolute Gasteiger partial charge is 0.350 e. The Bertz CT molecular complexity index is 170. The van der Waals surface area contributed by atoms with Crippen LogP contribution in [0, 0.1) is 5.92 Å². The third kappa shape index (κ3) is 2.19. The van der Waals surface area contributed by atoms with E-state index in [2.05, 4.69) is 5.32 Å². The van der Waals surface area contributed by atoms with E-state index >= 15 is 0 Å². The van der Waals surface area contributed by atoms with E-state index in [1.165, 1.54) is 0 Å². The highest BCUT2D eigenvalue weighted by atomic mass is 19.1. The van der Waals surface area contributed by atoms with Gasteiger partial charge in [0.05, 0.1) is 6.04 Å². The van der Waals surface area contributed by atoms with Crippen LogP contribution in [0.3, 0.4) is 0 Å². The fourth-order valence-corrected chi connectivity index (χ4v) is 1.43. The van der Waals surface area contributed by atoms with Crippen LogP contribution < -0.4 is 5.32 Å². The van der Waals surface area contributed by atoms with Gasteiger partial charge >= 0.3 is 0 Å². The maximum atomic E-state index is 13.0. The molecule has 1 saturated carbocycles. The molecule has 0 aromatic carbocycles. The first kappa shape index (κ1) is 9.49. The lowest BCUT2D eigenvalue weighted by Crippen LogP contribution is -2.40. The highest BCUT2D eigenvalue weighted by Crippen LogP contribution is 2.22. The van der Waals surface area contributed by atoms with Crippen molar-refractivity contribution in [3.05, 3.63) is 0 Å². The number of carbonyl (C=O) groups is 1. The second kappa shape index (κ2) is 3.87. The molecule has 1 fully saturated rings. The molecular formula is C9H16FNO. The number of alkyl halides is 1. The van der Waals surface area contributed by atoms with Crippen LogP contribution in [0.25, 0.3) is 0 Å². The van der Waals surface area contributed by atoms with Gasteiger partial charge in [0.2, 0.25) is 5.91 Å². The Hall–Kier alpha value is -0.600. The van der Waals surface area contributed by atoms with E-state index in [0.717, 1.165) is 12.8 Å². The van der Waals surface area contributed by atoms with Crippen molar-refractivity contribution in [3.8, 4) is 0 Å². The van der Waals surface area contributed by atoms with Crippen LogP contribution in [0.2, 0.25) is 0 Å². The summed E-state index contributed by atoms with van der Waals surface area (Å²) in [6.45, 7) is 3.63. The van der Waals surface area contributed by atoms with Gasteiger partial charge in [0, 0.05) is 5.92 Å². The number of rotatable bonds is 2. The zero-order valence-corrected chi connectivity index (χ0v) is 7.64. The van der Waals surface area contributed by atoms with Crippen molar-refractivity contribution in [3.63, 3.8) is 0 Å². The molecule has 2 atom stereocenters. The standard InChI is InChI=1S/C9H16FNO/c1-6(2)9(12)11-8-5-3-4-7(8)10/h6-8H,3-5H2,1-2H3,(H,11,12). The quantitative estimate of drug-likeness (QED) is 0.676. The Labute approximate surface area is 72.5 Å². The molecule has 1 aliphatic rings. The number of nitrogens with one attached hydrogen (secondary N) is 1. The van der Waals surface area contributed by atoms with E-state index in [1.54, 1.807) is 0 Å². The first-order chi connectivity index (χ1) is 5.61. The van der Waals surface area contributed by atoms with E-state index < -0.39 is 6.17 Å². The lowest BCUT2D eigenvalue weighted by Gasteiger charge is -2.16. The summed E-state index contributed by atoms with van der Waals surface area (Å²) >= 11 is 0. The molecular weight excluding hydrogens is 157 g/mol. The van der Waals surface area contributed by atoms with Crippen LogP contribution >= 0.6 is 0 Å². The number of halogens is 1. The average molecular weight is 173 g/mol. The van der Waals surface area contributed by atoms with Crippen LogP contribution in [0.1, 0.15) is 33.1 Å². The molecule has 2 nitrogen and oxygen atoms in total. The van der Waals surface area contributed by atoms with Gasteiger partial charge in [-0.2, -0.15) is 0 Å². The molecule has 0 bridgehead atoms. The Morgan fingerprint density at radius 1 is 1.50 bits per heavy atom. The van der Waals surface area contributed by atoms with Gasteiger partial charge in [0.15, 0.2) is 0 Å². The fourth-order valence-electron chi connectivity index (χ4n) is 1.43. The van der Waals surface area contributed by atoms with Crippen molar-refractivity contribution in [2.24, 2.45) is 5.92 Å². The molecule has 1 aliphatic carbocycles. The smallest absolute Gasteiger partial charge is 0.222 e. The second-order valence-corrected chi connectivity index (χ2v) is 3.72. The monoisotopic (exact) mass is 173 g/mol. The SMILES string of the molecule is CC(C)C(=O)NC1CCCC1F. The predicted octanol–water partition coefficient (Wildman–Crippen LogP) is 1.65. The van der Waals surface area contributed by atoms with Gasteiger partial charge in [-0.05, 0) is 19.3 Å². The van der Waals surface area contributed by atoms with Crippen LogP contribution in [0.5, 0.6) is 0 Å². The maximum absolute atomic E-state index is 13.0. The molecule has 0 radical (unpaired) electrons. The van der Waals surface area contributed by atoms with Gasteiger partial charge in [-0.3, -0.25) is 4.79 Å². The molecule has 0 aromatic rings. The molecule has 0 spiro atoms. The van der Waals surface area contributed by atoms with E-state index in [4.69, 9.17) is 0 Å². The maximum Gasteiger partial charge on any atom is 0.222 e. The van der Waals surface area contributed by atoms with Gasteiger partial charge in [0.1, 0.15) is 6.17 Å². The summed E-state index contributed by atoms with van der Waals surface area (Å²) in [5, 5.41) is 2.71. The number of carbonyl (C=O) groups excluding carboxylic acids is 1. The van der Waals surface area contributed by atoms with Crippen molar-refractivity contribution in [1.82, 2.24) is 5.32 Å². The lowest BCUT2D eigenvalue weighted by atomic mass is 10.1. The Balaban J connectivity index is 2.35. The summed E-state index contributed by atoms with van der Waals surface area (Å²) in [5.41, 5.74) is 0. The minimum Gasteiger partial charge on any atom is -0.350 e.